The lowest BCUT2D eigenvalue weighted by atomic mass is 10.1. The van der Waals surface area contributed by atoms with Gasteiger partial charge in [0.1, 0.15) is 16.9 Å². The van der Waals surface area contributed by atoms with Crippen molar-refractivity contribution in [3.8, 4) is 28.8 Å². The fourth-order valence-electron chi connectivity index (χ4n) is 3.94. The molecule has 0 atom stereocenters. The first-order chi connectivity index (χ1) is 18.2. The summed E-state index contributed by atoms with van der Waals surface area (Å²) in [4.78, 5) is 34.6. The van der Waals surface area contributed by atoms with E-state index in [1.54, 1.807) is 0 Å². The molecule has 2 aromatic carbocycles. The summed E-state index contributed by atoms with van der Waals surface area (Å²) in [5, 5.41) is 15.7. The Morgan fingerprint density at radius 3 is 2.68 bits per heavy atom. The van der Waals surface area contributed by atoms with Gasteiger partial charge < -0.3 is 19.4 Å². The number of nitro benzene ring substituents is 1. The SMILES string of the molecule is COC(=O)c1cnc(Nc2cc([N+](=O)[O-])c(C#CCN(C)C)cc2OC)nc1-c1cn(C)c2ccccc12. The highest BCUT2D eigenvalue weighted by Gasteiger charge is 2.22. The Balaban J connectivity index is 1.82. The van der Waals surface area contributed by atoms with Crippen LogP contribution in [-0.2, 0) is 11.8 Å². The van der Waals surface area contributed by atoms with E-state index in [1.807, 2.05) is 61.1 Å². The highest BCUT2D eigenvalue weighted by Crippen LogP contribution is 2.36. The van der Waals surface area contributed by atoms with Crippen LogP contribution in [0, 0.1) is 22.0 Å². The molecule has 0 saturated carbocycles. The van der Waals surface area contributed by atoms with Crippen molar-refractivity contribution in [2.75, 3.05) is 40.2 Å². The molecule has 2 aromatic heterocycles. The number of carbonyl (C=O) groups excluding carboxylic acids is 1. The number of methoxy groups -OCH3 is 2. The zero-order chi connectivity index (χ0) is 27.4. The lowest BCUT2D eigenvalue weighted by molar-refractivity contribution is -0.385. The number of benzene rings is 2. The third-order valence-corrected chi connectivity index (χ3v) is 5.73. The molecular weight excluding hydrogens is 488 g/mol. The number of esters is 1. The van der Waals surface area contributed by atoms with Crippen LogP contribution in [0.15, 0.2) is 48.8 Å². The molecule has 0 aliphatic carbocycles. The molecule has 0 spiro atoms. The van der Waals surface area contributed by atoms with Crippen LogP contribution in [0.25, 0.3) is 22.2 Å². The summed E-state index contributed by atoms with van der Waals surface area (Å²) in [6.07, 6.45) is 3.23. The molecule has 11 heteroatoms. The van der Waals surface area contributed by atoms with Crippen LogP contribution < -0.4 is 10.1 Å². The predicted molar refractivity (Wildman–Crippen MR) is 144 cm³/mol. The normalized spacial score (nSPS) is 10.7. The molecule has 0 saturated heterocycles. The standard InChI is InChI=1S/C27H26N6O5/c1-31(2)12-8-9-17-13-24(37-4)21(14-23(17)33(35)36)29-27-28-15-19(26(34)38-5)25(30-27)20-16-32(3)22-11-7-6-10-18(20)22/h6-7,10-11,13-16H,12H2,1-5H3,(H,28,29,30). The second-order valence-electron chi connectivity index (χ2n) is 8.61. The second kappa shape index (κ2) is 11.0. The molecule has 194 valence electrons. The van der Waals surface area contributed by atoms with E-state index >= 15 is 0 Å². The number of hydrogen-bond acceptors (Lipinski definition) is 9. The average Bonchev–Trinajstić information content (AvgIpc) is 3.24. The number of ether oxygens (including phenoxy) is 2. The van der Waals surface area contributed by atoms with Gasteiger partial charge >= 0.3 is 5.97 Å². The highest BCUT2D eigenvalue weighted by atomic mass is 16.6. The number of carbonyl (C=O) groups is 1. The van der Waals surface area contributed by atoms with Gasteiger partial charge in [0.2, 0.25) is 5.95 Å². The van der Waals surface area contributed by atoms with E-state index in [9.17, 15) is 14.9 Å². The Hall–Kier alpha value is -4.95. The topological polar surface area (TPSA) is 125 Å². The number of aryl methyl sites for hydroxylation is 1. The fraction of sp³-hybridized carbons (Fsp3) is 0.222. The van der Waals surface area contributed by atoms with E-state index in [2.05, 4.69) is 27.1 Å². The van der Waals surface area contributed by atoms with Crippen LogP contribution >= 0.6 is 0 Å². The molecule has 4 aromatic rings. The van der Waals surface area contributed by atoms with Crippen molar-refractivity contribution in [3.63, 3.8) is 0 Å². The minimum atomic E-state index is -0.589. The molecule has 0 aliphatic rings. The molecule has 0 fully saturated rings. The van der Waals surface area contributed by atoms with Crippen molar-refractivity contribution in [2.24, 2.45) is 7.05 Å². The summed E-state index contributed by atoms with van der Waals surface area (Å²) < 4.78 is 12.4. The quantitative estimate of drug-likeness (QED) is 0.169. The molecule has 0 radical (unpaired) electrons. The number of hydrogen-bond donors (Lipinski definition) is 1. The Kier molecular flexibility index (Phi) is 7.55. The predicted octanol–water partition coefficient (Wildman–Crippen LogP) is 4.00. The number of nitro groups is 1. The maximum absolute atomic E-state index is 12.6. The molecule has 2 heterocycles. The molecule has 4 rings (SSSR count). The van der Waals surface area contributed by atoms with E-state index in [0.29, 0.717) is 23.6 Å². The van der Waals surface area contributed by atoms with E-state index in [-0.39, 0.29) is 28.5 Å². The van der Waals surface area contributed by atoms with Crippen LogP contribution in [-0.4, -0.2) is 65.2 Å². The summed E-state index contributed by atoms with van der Waals surface area (Å²) in [7, 11) is 8.35. The number of para-hydroxylation sites is 1. The molecule has 0 bridgehead atoms. The van der Waals surface area contributed by atoms with Crippen molar-refractivity contribution in [1.29, 1.82) is 0 Å². The van der Waals surface area contributed by atoms with Gasteiger partial charge in [-0.3, -0.25) is 15.0 Å². The van der Waals surface area contributed by atoms with Crippen molar-refractivity contribution in [2.45, 2.75) is 0 Å². The monoisotopic (exact) mass is 514 g/mol. The number of fused-ring (bicyclic) bond motifs is 1. The van der Waals surface area contributed by atoms with E-state index in [1.165, 1.54) is 32.5 Å². The van der Waals surface area contributed by atoms with Crippen molar-refractivity contribution in [3.05, 3.63) is 70.0 Å². The molecular formula is C27H26N6O5. The molecule has 0 amide bonds. The number of aromatic nitrogens is 3. The first-order valence-corrected chi connectivity index (χ1v) is 11.5. The Labute approximate surface area is 219 Å². The number of nitrogens with zero attached hydrogens (tertiary/aromatic N) is 5. The molecule has 0 unspecified atom stereocenters. The molecule has 38 heavy (non-hydrogen) atoms. The van der Waals surface area contributed by atoms with Crippen LogP contribution in [0.4, 0.5) is 17.3 Å². The summed E-state index contributed by atoms with van der Waals surface area (Å²) in [5.41, 5.74) is 2.49. The van der Waals surface area contributed by atoms with E-state index < -0.39 is 10.9 Å². The minimum Gasteiger partial charge on any atom is -0.495 e. The van der Waals surface area contributed by atoms with Gasteiger partial charge in [0, 0.05) is 48.0 Å². The summed E-state index contributed by atoms with van der Waals surface area (Å²) in [5.74, 6) is 5.59. The van der Waals surface area contributed by atoms with Crippen molar-refractivity contribution in [1.82, 2.24) is 19.4 Å². The maximum atomic E-state index is 12.6. The van der Waals surface area contributed by atoms with Crippen molar-refractivity contribution < 1.29 is 19.2 Å². The van der Waals surface area contributed by atoms with E-state index in [0.717, 1.165) is 10.9 Å². The minimum absolute atomic E-state index is 0.111. The van der Waals surface area contributed by atoms with Gasteiger partial charge in [0.25, 0.3) is 5.69 Å². The van der Waals surface area contributed by atoms with Gasteiger partial charge in [-0.2, -0.15) is 0 Å². The number of rotatable bonds is 7. The van der Waals surface area contributed by atoms with Crippen molar-refractivity contribution >= 4 is 34.2 Å². The van der Waals surface area contributed by atoms with Gasteiger partial charge in [-0.05, 0) is 20.2 Å². The number of nitrogens with one attached hydrogen (secondary N) is 1. The largest absolute Gasteiger partial charge is 0.495 e. The van der Waals surface area contributed by atoms with Crippen LogP contribution in [0.2, 0.25) is 0 Å². The first kappa shape index (κ1) is 26.1. The smallest absolute Gasteiger partial charge is 0.341 e. The second-order valence-corrected chi connectivity index (χ2v) is 8.61. The zero-order valence-corrected chi connectivity index (χ0v) is 21.6. The van der Waals surface area contributed by atoms with Gasteiger partial charge in [-0.25, -0.2) is 14.8 Å². The number of anilines is 2. The molecule has 1 N–H and O–H groups in total. The van der Waals surface area contributed by atoms with Crippen LogP contribution in [0.3, 0.4) is 0 Å². The van der Waals surface area contributed by atoms with Gasteiger partial charge in [0.05, 0.1) is 37.1 Å². The third kappa shape index (κ3) is 5.25. The van der Waals surface area contributed by atoms with Gasteiger partial charge in [-0.1, -0.05) is 30.0 Å². The fourth-order valence-corrected chi connectivity index (χ4v) is 3.94. The Bertz CT molecular complexity index is 1600. The Morgan fingerprint density at radius 1 is 1.24 bits per heavy atom. The summed E-state index contributed by atoms with van der Waals surface area (Å²) >= 11 is 0. The third-order valence-electron chi connectivity index (χ3n) is 5.73. The van der Waals surface area contributed by atoms with E-state index in [4.69, 9.17) is 9.47 Å². The van der Waals surface area contributed by atoms with Crippen LogP contribution in [0.1, 0.15) is 15.9 Å². The van der Waals surface area contributed by atoms with Gasteiger partial charge in [0.15, 0.2) is 0 Å². The average molecular weight is 515 g/mol. The Morgan fingerprint density at radius 2 is 2.00 bits per heavy atom. The lowest BCUT2D eigenvalue weighted by Gasteiger charge is -2.13. The van der Waals surface area contributed by atoms with Crippen LogP contribution in [0.5, 0.6) is 5.75 Å². The highest BCUT2D eigenvalue weighted by molar-refractivity contribution is 6.02. The lowest BCUT2D eigenvalue weighted by Crippen LogP contribution is -2.11. The zero-order valence-electron chi connectivity index (χ0n) is 21.6. The summed E-state index contributed by atoms with van der Waals surface area (Å²) in [6, 6.07) is 10.5. The van der Waals surface area contributed by atoms with Gasteiger partial charge in [-0.15, -0.1) is 0 Å². The molecule has 0 aliphatic heterocycles. The first-order valence-electron chi connectivity index (χ1n) is 11.5. The summed E-state index contributed by atoms with van der Waals surface area (Å²) in [6.45, 7) is 0.441. The maximum Gasteiger partial charge on any atom is 0.341 e. The molecule has 11 nitrogen and oxygen atoms in total.